The molecular formula is C20H17N5O3. The topological polar surface area (TPSA) is 102 Å². The lowest BCUT2D eigenvalue weighted by atomic mass is 10.2. The molecule has 0 spiro atoms. The molecule has 4 aromatic rings. The van der Waals surface area contributed by atoms with Gasteiger partial charge in [-0.15, -0.1) is 5.10 Å². The van der Waals surface area contributed by atoms with Crippen LogP contribution in [0.2, 0.25) is 0 Å². The zero-order chi connectivity index (χ0) is 19.3. The Bertz CT molecular complexity index is 1110. The average Bonchev–Trinajstić information content (AvgIpc) is 3.14. The van der Waals surface area contributed by atoms with Crippen molar-refractivity contribution in [1.29, 1.82) is 0 Å². The van der Waals surface area contributed by atoms with E-state index in [-0.39, 0.29) is 12.3 Å². The summed E-state index contributed by atoms with van der Waals surface area (Å²) in [5, 5.41) is 20.3. The van der Waals surface area contributed by atoms with Gasteiger partial charge >= 0.3 is 5.97 Å². The molecule has 0 saturated heterocycles. The number of rotatable bonds is 7. The van der Waals surface area contributed by atoms with Crippen LogP contribution in [-0.4, -0.2) is 31.1 Å². The van der Waals surface area contributed by atoms with Gasteiger partial charge in [0.2, 0.25) is 0 Å². The minimum Gasteiger partial charge on any atom is -0.478 e. The van der Waals surface area contributed by atoms with E-state index in [2.05, 4.69) is 20.6 Å². The van der Waals surface area contributed by atoms with Crippen molar-refractivity contribution >= 4 is 22.8 Å². The summed E-state index contributed by atoms with van der Waals surface area (Å²) in [4.78, 5) is 15.0. The number of hydrogen-bond acceptors (Lipinski definition) is 6. The molecule has 2 aromatic heterocycles. The molecule has 0 bridgehead atoms. The summed E-state index contributed by atoms with van der Waals surface area (Å²) in [6.45, 7) is 0.790. The number of pyridine rings is 1. The van der Waals surface area contributed by atoms with Gasteiger partial charge < -0.3 is 15.2 Å². The van der Waals surface area contributed by atoms with E-state index in [0.29, 0.717) is 18.1 Å². The highest BCUT2D eigenvalue weighted by Crippen LogP contribution is 2.16. The lowest BCUT2D eigenvalue weighted by Gasteiger charge is -2.10. The number of nitrogens with one attached hydrogen (secondary N) is 1. The van der Waals surface area contributed by atoms with Crippen LogP contribution in [0.1, 0.15) is 15.9 Å². The van der Waals surface area contributed by atoms with Crippen LogP contribution in [0.5, 0.6) is 5.75 Å². The van der Waals surface area contributed by atoms with Crippen LogP contribution in [0.4, 0.5) is 5.82 Å². The first kappa shape index (κ1) is 17.5. The van der Waals surface area contributed by atoms with Crippen molar-refractivity contribution < 1.29 is 14.6 Å². The molecule has 4 rings (SSSR count). The van der Waals surface area contributed by atoms with Crippen LogP contribution in [0.3, 0.4) is 0 Å². The van der Waals surface area contributed by atoms with Gasteiger partial charge in [-0.3, -0.25) is 0 Å². The first-order chi connectivity index (χ1) is 13.7. The molecule has 2 heterocycles. The molecule has 8 nitrogen and oxygen atoms in total. The standard InChI is InChI=1S/C20H17N5O3/c26-20(27)15-8-9-19(22-12-15)21-11-14-4-3-5-16(10-14)28-13-25-18-7-2-1-6-17(18)23-24-25/h1-10,12H,11,13H2,(H,21,22)(H,26,27). The quantitative estimate of drug-likeness (QED) is 0.511. The number of carboxylic acids is 1. The van der Waals surface area contributed by atoms with Crippen molar-refractivity contribution in [3.05, 3.63) is 78.0 Å². The lowest BCUT2D eigenvalue weighted by Crippen LogP contribution is -2.07. The van der Waals surface area contributed by atoms with E-state index in [1.54, 1.807) is 10.7 Å². The third kappa shape index (κ3) is 3.90. The number of fused-ring (bicyclic) bond motifs is 1. The molecule has 2 N–H and O–H groups in total. The predicted molar refractivity (Wildman–Crippen MR) is 103 cm³/mol. The molecule has 0 aliphatic carbocycles. The normalized spacial score (nSPS) is 10.7. The largest absolute Gasteiger partial charge is 0.478 e. The van der Waals surface area contributed by atoms with Crippen LogP contribution < -0.4 is 10.1 Å². The molecule has 140 valence electrons. The average molecular weight is 375 g/mol. The second-order valence-corrected chi connectivity index (χ2v) is 6.09. The van der Waals surface area contributed by atoms with E-state index in [1.165, 1.54) is 12.3 Å². The number of benzene rings is 2. The minimum absolute atomic E-state index is 0.154. The molecule has 0 unspecified atom stereocenters. The Labute approximate surface area is 160 Å². The van der Waals surface area contributed by atoms with Crippen molar-refractivity contribution in [2.45, 2.75) is 13.3 Å². The Balaban J connectivity index is 1.38. The highest BCUT2D eigenvalue weighted by molar-refractivity contribution is 5.87. The van der Waals surface area contributed by atoms with E-state index >= 15 is 0 Å². The number of anilines is 1. The first-order valence-corrected chi connectivity index (χ1v) is 8.62. The second-order valence-electron chi connectivity index (χ2n) is 6.09. The van der Waals surface area contributed by atoms with Gasteiger partial charge in [-0.2, -0.15) is 0 Å². The number of aromatic nitrogens is 4. The highest BCUT2D eigenvalue weighted by atomic mass is 16.5. The summed E-state index contributed by atoms with van der Waals surface area (Å²) < 4.78 is 7.55. The summed E-state index contributed by atoms with van der Waals surface area (Å²) in [7, 11) is 0. The Kier molecular flexibility index (Phi) is 4.83. The molecular weight excluding hydrogens is 358 g/mol. The van der Waals surface area contributed by atoms with Gasteiger partial charge in [-0.1, -0.05) is 29.5 Å². The third-order valence-corrected chi connectivity index (χ3v) is 4.16. The van der Waals surface area contributed by atoms with Crippen molar-refractivity contribution in [2.75, 3.05) is 5.32 Å². The van der Waals surface area contributed by atoms with Gasteiger partial charge in [-0.05, 0) is 42.0 Å². The number of hydrogen-bond donors (Lipinski definition) is 2. The minimum atomic E-state index is -0.996. The van der Waals surface area contributed by atoms with E-state index in [0.717, 1.165) is 16.6 Å². The number of nitrogens with zero attached hydrogens (tertiary/aromatic N) is 4. The number of ether oxygens (including phenoxy) is 1. The van der Waals surface area contributed by atoms with Crippen molar-refractivity contribution in [1.82, 2.24) is 20.0 Å². The van der Waals surface area contributed by atoms with Gasteiger partial charge in [0, 0.05) is 12.7 Å². The highest BCUT2D eigenvalue weighted by Gasteiger charge is 2.05. The first-order valence-electron chi connectivity index (χ1n) is 8.62. The van der Waals surface area contributed by atoms with Gasteiger partial charge in [0.25, 0.3) is 0 Å². The Morgan fingerprint density at radius 2 is 2.00 bits per heavy atom. The van der Waals surface area contributed by atoms with Crippen LogP contribution in [0.15, 0.2) is 66.9 Å². The van der Waals surface area contributed by atoms with Crippen molar-refractivity contribution in [3.8, 4) is 5.75 Å². The second kappa shape index (κ2) is 7.75. The van der Waals surface area contributed by atoms with Crippen molar-refractivity contribution in [3.63, 3.8) is 0 Å². The number of aromatic carboxylic acids is 1. The molecule has 0 atom stereocenters. The van der Waals surface area contributed by atoms with Crippen LogP contribution in [0.25, 0.3) is 11.0 Å². The Hall–Kier alpha value is -3.94. The maximum Gasteiger partial charge on any atom is 0.337 e. The molecule has 0 aliphatic rings. The zero-order valence-electron chi connectivity index (χ0n) is 14.8. The SMILES string of the molecule is O=C(O)c1ccc(NCc2cccc(OCn3nnc4ccccc43)c2)nc1. The van der Waals surface area contributed by atoms with E-state index in [4.69, 9.17) is 9.84 Å². The summed E-state index contributed by atoms with van der Waals surface area (Å²) in [6.07, 6.45) is 1.33. The smallest absolute Gasteiger partial charge is 0.337 e. The fraction of sp³-hybridized carbons (Fsp3) is 0.100. The Morgan fingerprint density at radius 1 is 1.11 bits per heavy atom. The van der Waals surface area contributed by atoms with Crippen LogP contribution in [-0.2, 0) is 13.3 Å². The molecule has 0 saturated carbocycles. The lowest BCUT2D eigenvalue weighted by molar-refractivity contribution is 0.0696. The van der Waals surface area contributed by atoms with E-state index in [9.17, 15) is 4.79 Å². The molecule has 0 amide bonds. The summed E-state index contributed by atoms with van der Waals surface area (Å²) >= 11 is 0. The predicted octanol–water partition coefficient (Wildman–Crippen LogP) is 3.17. The number of carbonyl (C=O) groups is 1. The summed E-state index contributed by atoms with van der Waals surface area (Å²) in [6, 6.07) is 18.5. The molecule has 0 fully saturated rings. The molecule has 0 aliphatic heterocycles. The van der Waals surface area contributed by atoms with Gasteiger partial charge in [0.05, 0.1) is 11.1 Å². The summed E-state index contributed by atoms with van der Waals surface area (Å²) in [5.74, 6) is 0.322. The van der Waals surface area contributed by atoms with Gasteiger partial charge in [0.1, 0.15) is 17.1 Å². The van der Waals surface area contributed by atoms with Crippen LogP contribution in [0, 0.1) is 0 Å². The number of carboxylic acid groups (broad SMARTS) is 1. The molecule has 2 aromatic carbocycles. The molecule has 28 heavy (non-hydrogen) atoms. The fourth-order valence-electron chi connectivity index (χ4n) is 2.71. The fourth-order valence-corrected chi connectivity index (χ4v) is 2.71. The number of para-hydroxylation sites is 1. The molecule has 0 radical (unpaired) electrons. The van der Waals surface area contributed by atoms with Crippen molar-refractivity contribution in [2.24, 2.45) is 0 Å². The van der Waals surface area contributed by atoms with Crippen LogP contribution >= 0.6 is 0 Å². The maximum absolute atomic E-state index is 10.9. The monoisotopic (exact) mass is 375 g/mol. The summed E-state index contributed by atoms with van der Waals surface area (Å²) in [5.41, 5.74) is 2.90. The third-order valence-electron chi connectivity index (χ3n) is 4.16. The Morgan fingerprint density at radius 3 is 2.82 bits per heavy atom. The molecule has 8 heteroatoms. The van der Waals surface area contributed by atoms with Gasteiger partial charge in [-0.25, -0.2) is 14.5 Å². The zero-order valence-corrected chi connectivity index (χ0v) is 14.8. The van der Waals surface area contributed by atoms with Gasteiger partial charge in [0.15, 0.2) is 6.73 Å². The van der Waals surface area contributed by atoms with E-state index in [1.807, 2.05) is 48.5 Å². The maximum atomic E-state index is 10.9. The van der Waals surface area contributed by atoms with E-state index < -0.39 is 5.97 Å².